The number of carbonyl (C=O) groups is 2. The first-order chi connectivity index (χ1) is 17.1. The van der Waals surface area contributed by atoms with Crippen LogP contribution in [0.5, 0.6) is 0 Å². The van der Waals surface area contributed by atoms with E-state index in [0.717, 1.165) is 17.8 Å². The van der Waals surface area contributed by atoms with Crippen molar-refractivity contribution in [2.45, 2.75) is 103 Å². The molecule has 5 nitrogen and oxygen atoms in total. The monoisotopic (exact) mass is 502 g/mol. The smallest absolute Gasteiger partial charge is 0.327 e. The van der Waals surface area contributed by atoms with Gasteiger partial charge in [-0.25, -0.2) is 4.79 Å². The molecule has 35 heavy (non-hydrogen) atoms. The lowest BCUT2D eigenvalue weighted by Crippen LogP contribution is -2.40. The van der Waals surface area contributed by atoms with E-state index in [1.165, 1.54) is 113 Å². The van der Waals surface area contributed by atoms with E-state index >= 15 is 0 Å². The van der Waals surface area contributed by atoms with Crippen LogP contribution in [-0.2, 0) is 9.59 Å². The van der Waals surface area contributed by atoms with Crippen molar-refractivity contribution in [3.63, 3.8) is 0 Å². The van der Waals surface area contributed by atoms with Crippen molar-refractivity contribution in [1.29, 1.82) is 0 Å². The molecule has 1 atom stereocenters. The maximum absolute atomic E-state index is 12.3. The van der Waals surface area contributed by atoms with Crippen LogP contribution in [-0.4, -0.2) is 46.1 Å². The normalized spacial score (nSPS) is 15.7. The third-order valence-electron chi connectivity index (χ3n) is 6.64. The number of hydrogen-bond donors (Lipinski definition) is 2. The number of hydrogen-bond acceptors (Lipinski definition) is 4. The van der Waals surface area contributed by atoms with Crippen molar-refractivity contribution < 1.29 is 14.7 Å². The number of nitrogens with zero attached hydrogens (tertiary/aromatic N) is 1. The fraction of sp³-hybridized carbons (Fsp3) is 0.655. The van der Waals surface area contributed by atoms with Crippen LogP contribution in [0.15, 0.2) is 30.3 Å². The highest BCUT2D eigenvalue weighted by molar-refractivity contribution is 7.99. The Hall–Kier alpha value is -1.95. The molecule has 0 saturated carbocycles. The van der Waals surface area contributed by atoms with Gasteiger partial charge in [-0.3, -0.25) is 4.79 Å². The summed E-state index contributed by atoms with van der Waals surface area (Å²) in [6, 6.07) is 7.29. The summed E-state index contributed by atoms with van der Waals surface area (Å²) in [7, 11) is 0. The van der Waals surface area contributed by atoms with Gasteiger partial charge in [0.15, 0.2) is 0 Å². The summed E-state index contributed by atoms with van der Waals surface area (Å²) < 4.78 is 0. The number of benzene rings is 1. The third-order valence-corrected chi connectivity index (χ3v) is 7.65. The molecule has 6 heteroatoms. The molecule has 2 rings (SSSR count). The van der Waals surface area contributed by atoms with Gasteiger partial charge in [-0.1, -0.05) is 103 Å². The number of carboxylic acid groups (broad SMARTS) is 1. The molecule has 0 bridgehead atoms. The van der Waals surface area contributed by atoms with E-state index in [0.29, 0.717) is 11.6 Å². The first kappa shape index (κ1) is 29.3. The Morgan fingerprint density at radius 1 is 0.914 bits per heavy atom. The van der Waals surface area contributed by atoms with Crippen molar-refractivity contribution >= 4 is 35.4 Å². The number of anilines is 1. The molecule has 1 aliphatic heterocycles. The molecule has 0 radical (unpaired) electrons. The quantitative estimate of drug-likeness (QED) is 0.151. The maximum Gasteiger partial charge on any atom is 0.327 e. The van der Waals surface area contributed by atoms with Gasteiger partial charge in [-0.2, -0.15) is 0 Å². The zero-order chi connectivity index (χ0) is 25.1. The number of nitrogens with one attached hydrogen (secondary N) is 1. The predicted octanol–water partition coefficient (Wildman–Crippen LogP) is 7.58. The minimum atomic E-state index is -0.939. The molecule has 0 aliphatic carbocycles. The highest BCUT2D eigenvalue weighted by atomic mass is 32.2. The average Bonchev–Trinajstić information content (AvgIpc) is 3.36. The minimum Gasteiger partial charge on any atom is -0.480 e. The van der Waals surface area contributed by atoms with E-state index in [2.05, 4.69) is 12.2 Å². The summed E-state index contributed by atoms with van der Waals surface area (Å²) in [5.74, 6) is -0.301. The van der Waals surface area contributed by atoms with Crippen molar-refractivity contribution in [2.75, 3.05) is 23.5 Å². The van der Waals surface area contributed by atoms with Crippen LogP contribution >= 0.6 is 11.8 Å². The minimum absolute atomic E-state index is 0.248. The van der Waals surface area contributed by atoms with Crippen molar-refractivity contribution in [3.05, 3.63) is 35.9 Å². The number of carbonyl (C=O) groups excluding carboxylic acids is 1. The van der Waals surface area contributed by atoms with Gasteiger partial charge >= 0.3 is 5.97 Å². The van der Waals surface area contributed by atoms with Gasteiger partial charge < -0.3 is 15.3 Å². The van der Waals surface area contributed by atoms with Crippen LogP contribution in [0.2, 0.25) is 0 Å². The van der Waals surface area contributed by atoms with E-state index in [9.17, 15) is 14.7 Å². The molecule has 0 aromatic heterocycles. The second-order valence-corrected chi connectivity index (χ2v) is 10.6. The standard InChI is InChI=1S/C29H46N2O3S/c1-2-3-4-5-6-7-8-9-10-11-12-13-14-15-22-30-26-19-16-25(17-20-26)18-21-28(32)31-24-35-23-27(31)29(33)34/h16-21,27,30H,2-15,22-24H2,1H3,(H,33,34)/b21-18+. The van der Waals surface area contributed by atoms with Crippen molar-refractivity contribution in [3.8, 4) is 0 Å². The van der Waals surface area contributed by atoms with Gasteiger partial charge in [0.2, 0.25) is 5.91 Å². The van der Waals surface area contributed by atoms with Crippen molar-refractivity contribution in [2.24, 2.45) is 0 Å². The van der Waals surface area contributed by atoms with Crippen LogP contribution in [0, 0.1) is 0 Å². The largest absolute Gasteiger partial charge is 0.480 e. The van der Waals surface area contributed by atoms with Gasteiger partial charge in [-0.05, 0) is 30.2 Å². The number of amides is 1. The van der Waals surface area contributed by atoms with Crippen LogP contribution < -0.4 is 5.32 Å². The molecule has 0 spiro atoms. The molecule has 1 amide bonds. The highest BCUT2D eigenvalue weighted by Crippen LogP contribution is 2.22. The zero-order valence-electron chi connectivity index (χ0n) is 21.7. The zero-order valence-corrected chi connectivity index (χ0v) is 22.5. The number of carboxylic acids is 1. The van der Waals surface area contributed by atoms with Crippen LogP contribution in [0.1, 0.15) is 102 Å². The predicted molar refractivity (Wildman–Crippen MR) is 150 cm³/mol. The van der Waals surface area contributed by atoms with Gasteiger partial charge in [-0.15, -0.1) is 11.8 Å². The van der Waals surface area contributed by atoms with E-state index in [1.807, 2.05) is 24.3 Å². The maximum atomic E-state index is 12.3. The molecule has 1 aromatic rings. The second kappa shape index (κ2) is 18.3. The Labute approximate surface area is 217 Å². The summed E-state index contributed by atoms with van der Waals surface area (Å²) in [4.78, 5) is 25.0. The summed E-state index contributed by atoms with van der Waals surface area (Å²) >= 11 is 1.47. The highest BCUT2D eigenvalue weighted by Gasteiger charge is 2.33. The van der Waals surface area contributed by atoms with E-state index in [4.69, 9.17) is 0 Å². The lowest BCUT2D eigenvalue weighted by atomic mass is 10.0. The number of thioether (sulfide) groups is 1. The first-order valence-electron chi connectivity index (χ1n) is 13.7. The summed E-state index contributed by atoms with van der Waals surface area (Å²) in [6.07, 6.45) is 22.4. The van der Waals surface area contributed by atoms with Gasteiger partial charge in [0.1, 0.15) is 6.04 Å². The fourth-order valence-corrected chi connectivity index (χ4v) is 5.55. The molecule has 1 fully saturated rings. The molecule has 1 unspecified atom stereocenters. The van der Waals surface area contributed by atoms with Crippen LogP contribution in [0.25, 0.3) is 6.08 Å². The Morgan fingerprint density at radius 2 is 1.46 bits per heavy atom. The summed E-state index contributed by atoms with van der Waals surface area (Å²) in [6.45, 7) is 3.26. The number of unbranched alkanes of at least 4 members (excludes halogenated alkanes) is 13. The Morgan fingerprint density at radius 3 is 2.00 bits per heavy atom. The Bertz CT molecular complexity index is 751. The molecule has 1 aromatic carbocycles. The Kier molecular flexibility index (Phi) is 15.3. The topological polar surface area (TPSA) is 69.6 Å². The molecule has 196 valence electrons. The lowest BCUT2D eigenvalue weighted by Gasteiger charge is -2.18. The summed E-state index contributed by atoms with van der Waals surface area (Å²) in [5.41, 5.74) is 2.02. The molecule has 1 saturated heterocycles. The van der Waals surface area contributed by atoms with E-state index < -0.39 is 12.0 Å². The average molecular weight is 503 g/mol. The molecule has 1 heterocycles. The SMILES string of the molecule is CCCCCCCCCCCCCCCCNc1ccc(/C=C/C(=O)N2CSCC2C(=O)O)cc1. The molecule has 2 N–H and O–H groups in total. The van der Waals surface area contributed by atoms with Gasteiger partial charge in [0, 0.05) is 24.1 Å². The third kappa shape index (κ3) is 12.5. The number of aliphatic carboxylic acids is 1. The molecular formula is C29H46N2O3S. The van der Waals surface area contributed by atoms with E-state index in [-0.39, 0.29) is 5.91 Å². The first-order valence-corrected chi connectivity index (χ1v) is 14.9. The Balaban J connectivity index is 1.48. The van der Waals surface area contributed by atoms with Crippen LogP contribution in [0.4, 0.5) is 5.69 Å². The molecule has 1 aliphatic rings. The van der Waals surface area contributed by atoms with Gasteiger partial charge in [0.25, 0.3) is 0 Å². The number of rotatable bonds is 19. The lowest BCUT2D eigenvalue weighted by molar-refractivity contribution is -0.146. The van der Waals surface area contributed by atoms with Gasteiger partial charge in [0.05, 0.1) is 5.88 Å². The molecular weight excluding hydrogens is 456 g/mol. The van der Waals surface area contributed by atoms with Crippen LogP contribution in [0.3, 0.4) is 0 Å². The van der Waals surface area contributed by atoms with Crippen molar-refractivity contribution in [1.82, 2.24) is 4.90 Å². The fourth-order valence-electron chi connectivity index (χ4n) is 4.39. The second-order valence-electron chi connectivity index (χ2n) is 9.64. The summed E-state index contributed by atoms with van der Waals surface area (Å²) in [5, 5.41) is 12.7. The van der Waals surface area contributed by atoms with E-state index in [1.54, 1.807) is 6.08 Å².